The maximum absolute atomic E-state index is 14.0. The molecule has 0 spiro atoms. The van der Waals surface area contributed by atoms with Crippen molar-refractivity contribution in [1.29, 1.82) is 0 Å². The van der Waals surface area contributed by atoms with E-state index in [-0.39, 0.29) is 11.3 Å². The Morgan fingerprint density at radius 3 is 2.56 bits per heavy atom. The van der Waals surface area contributed by atoms with Crippen molar-refractivity contribution in [2.75, 3.05) is 27.2 Å². The first-order chi connectivity index (χ1) is 13.0. The molecular weight excluding hydrogens is 345 g/mol. The van der Waals surface area contributed by atoms with Crippen LogP contribution < -0.4 is 10.3 Å². The summed E-state index contributed by atoms with van der Waals surface area (Å²) in [6, 6.07) is 10.1. The standard InChI is InChI=1S/C21H22FN3O2/c1-24-9-7-14(8-10-24)18-12-21(26)25-13-16(4-6-20(25)23-18)15-3-5-19(27-2)17(22)11-15/h3-6,11-14H,7-10H2,1-2H3. The molecule has 2 aromatic heterocycles. The van der Waals surface area contributed by atoms with Crippen LogP contribution in [0.15, 0.2) is 47.4 Å². The molecule has 1 aromatic carbocycles. The van der Waals surface area contributed by atoms with Gasteiger partial charge in [0.15, 0.2) is 11.6 Å². The van der Waals surface area contributed by atoms with Crippen LogP contribution in [0.2, 0.25) is 0 Å². The van der Waals surface area contributed by atoms with Crippen LogP contribution >= 0.6 is 0 Å². The molecule has 0 aliphatic carbocycles. The quantitative estimate of drug-likeness (QED) is 0.713. The van der Waals surface area contributed by atoms with Crippen molar-refractivity contribution < 1.29 is 9.13 Å². The molecule has 0 N–H and O–H groups in total. The number of pyridine rings is 1. The molecule has 3 heterocycles. The Morgan fingerprint density at radius 2 is 1.85 bits per heavy atom. The summed E-state index contributed by atoms with van der Waals surface area (Å²) in [7, 11) is 3.55. The van der Waals surface area contributed by atoms with E-state index in [1.807, 2.05) is 12.1 Å². The summed E-state index contributed by atoms with van der Waals surface area (Å²) >= 11 is 0. The molecule has 5 nitrogen and oxygen atoms in total. The van der Waals surface area contributed by atoms with E-state index < -0.39 is 5.82 Å². The molecule has 0 amide bonds. The Bertz CT molecular complexity index is 1040. The molecule has 0 atom stereocenters. The first-order valence-corrected chi connectivity index (χ1v) is 9.11. The number of halogens is 1. The highest BCUT2D eigenvalue weighted by atomic mass is 19.1. The highest BCUT2D eigenvalue weighted by molar-refractivity contribution is 5.65. The van der Waals surface area contributed by atoms with Gasteiger partial charge >= 0.3 is 0 Å². The molecule has 1 aliphatic heterocycles. The fourth-order valence-corrected chi connectivity index (χ4v) is 3.65. The largest absolute Gasteiger partial charge is 0.494 e. The monoisotopic (exact) mass is 367 g/mol. The van der Waals surface area contributed by atoms with Crippen LogP contribution in [0.1, 0.15) is 24.5 Å². The number of ether oxygens (including phenoxy) is 1. The Morgan fingerprint density at radius 1 is 1.11 bits per heavy atom. The van der Waals surface area contributed by atoms with Gasteiger partial charge in [0, 0.05) is 18.2 Å². The average molecular weight is 367 g/mol. The predicted octanol–water partition coefficient (Wildman–Crippen LogP) is 3.32. The maximum Gasteiger partial charge on any atom is 0.258 e. The lowest BCUT2D eigenvalue weighted by atomic mass is 9.93. The summed E-state index contributed by atoms with van der Waals surface area (Å²) in [5.74, 6) is 0.0913. The van der Waals surface area contributed by atoms with Crippen molar-refractivity contribution in [3.8, 4) is 16.9 Å². The zero-order chi connectivity index (χ0) is 19.0. The van der Waals surface area contributed by atoms with Crippen LogP contribution in [0.5, 0.6) is 5.75 Å². The van der Waals surface area contributed by atoms with Crippen molar-refractivity contribution in [3.05, 3.63) is 64.5 Å². The van der Waals surface area contributed by atoms with Gasteiger partial charge in [-0.1, -0.05) is 6.07 Å². The summed E-state index contributed by atoms with van der Waals surface area (Å²) in [4.78, 5) is 19.7. The van der Waals surface area contributed by atoms with Gasteiger partial charge in [0.25, 0.3) is 5.56 Å². The Hall–Kier alpha value is -2.73. The number of methoxy groups -OCH3 is 1. The molecule has 0 unspecified atom stereocenters. The number of hydrogen-bond acceptors (Lipinski definition) is 4. The number of fused-ring (bicyclic) bond motifs is 1. The molecule has 0 radical (unpaired) electrons. The lowest BCUT2D eigenvalue weighted by molar-refractivity contribution is 0.253. The van der Waals surface area contributed by atoms with Crippen molar-refractivity contribution >= 4 is 5.65 Å². The fourth-order valence-electron chi connectivity index (χ4n) is 3.65. The highest BCUT2D eigenvalue weighted by Crippen LogP contribution is 2.27. The molecule has 3 aromatic rings. The van der Waals surface area contributed by atoms with Crippen LogP contribution in [-0.2, 0) is 0 Å². The molecule has 6 heteroatoms. The van der Waals surface area contributed by atoms with E-state index in [9.17, 15) is 9.18 Å². The van der Waals surface area contributed by atoms with E-state index in [2.05, 4.69) is 11.9 Å². The number of piperidine rings is 1. The van der Waals surface area contributed by atoms with Gasteiger partial charge in [-0.05, 0) is 68.4 Å². The van der Waals surface area contributed by atoms with E-state index >= 15 is 0 Å². The van der Waals surface area contributed by atoms with Gasteiger partial charge in [-0.2, -0.15) is 0 Å². The SMILES string of the molecule is COc1ccc(-c2ccc3nc(C4CCN(C)CC4)cc(=O)n3c2)cc1F. The summed E-state index contributed by atoms with van der Waals surface area (Å²) in [5.41, 5.74) is 2.82. The number of likely N-dealkylation sites (tertiary alicyclic amines) is 1. The summed E-state index contributed by atoms with van der Waals surface area (Å²) in [6.07, 6.45) is 3.75. The third-order valence-electron chi connectivity index (χ3n) is 5.30. The normalized spacial score (nSPS) is 16.0. The van der Waals surface area contributed by atoms with Gasteiger partial charge in [0.1, 0.15) is 5.65 Å². The van der Waals surface area contributed by atoms with Crippen LogP contribution in [-0.4, -0.2) is 41.5 Å². The molecular formula is C21H22FN3O2. The van der Waals surface area contributed by atoms with Crippen LogP contribution in [0.25, 0.3) is 16.8 Å². The van der Waals surface area contributed by atoms with Gasteiger partial charge in [0.05, 0.1) is 12.8 Å². The lowest BCUT2D eigenvalue weighted by Crippen LogP contribution is -2.30. The van der Waals surface area contributed by atoms with E-state index in [4.69, 9.17) is 9.72 Å². The van der Waals surface area contributed by atoms with E-state index in [0.717, 1.165) is 37.2 Å². The second kappa shape index (κ2) is 7.12. The molecule has 0 saturated carbocycles. The molecule has 1 aliphatic rings. The second-order valence-electron chi connectivity index (χ2n) is 7.09. The summed E-state index contributed by atoms with van der Waals surface area (Å²) in [6.45, 7) is 2.04. The molecule has 1 fully saturated rings. The van der Waals surface area contributed by atoms with Gasteiger partial charge in [-0.3, -0.25) is 9.20 Å². The van der Waals surface area contributed by atoms with Crippen LogP contribution in [0, 0.1) is 5.82 Å². The number of aromatic nitrogens is 2. The molecule has 140 valence electrons. The fraction of sp³-hybridized carbons (Fsp3) is 0.333. The first-order valence-electron chi connectivity index (χ1n) is 9.11. The summed E-state index contributed by atoms with van der Waals surface area (Å²) < 4.78 is 20.5. The van der Waals surface area contributed by atoms with Gasteiger partial charge in [0.2, 0.25) is 0 Å². The lowest BCUT2D eigenvalue weighted by Gasteiger charge is -2.28. The van der Waals surface area contributed by atoms with Crippen LogP contribution in [0.3, 0.4) is 0 Å². The topological polar surface area (TPSA) is 46.8 Å². The summed E-state index contributed by atoms with van der Waals surface area (Å²) in [5, 5.41) is 0. The smallest absolute Gasteiger partial charge is 0.258 e. The number of rotatable bonds is 3. The highest BCUT2D eigenvalue weighted by Gasteiger charge is 2.20. The van der Waals surface area contributed by atoms with E-state index in [1.54, 1.807) is 24.4 Å². The molecule has 1 saturated heterocycles. The van der Waals surface area contributed by atoms with Gasteiger partial charge in [-0.15, -0.1) is 0 Å². The minimum atomic E-state index is -0.432. The van der Waals surface area contributed by atoms with Crippen molar-refractivity contribution in [3.63, 3.8) is 0 Å². The third-order valence-corrected chi connectivity index (χ3v) is 5.30. The van der Waals surface area contributed by atoms with Crippen molar-refractivity contribution in [2.24, 2.45) is 0 Å². The Kier molecular flexibility index (Phi) is 4.66. The minimum absolute atomic E-state index is 0.107. The van der Waals surface area contributed by atoms with Gasteiger partial charge in [-0.25, -0.2) is 9.37 Å². The predicted molar refractivity (Wildman–Crippen MR) is 103 cm³/mol. The molecule has 0 bridgehead atoms. The van der Waals surface area contributed by atoms with Crippen LogP contribution in [0.4, 0.5) is 4.39 Å². The van der Waals surface area contributed by atoms with E-state index in [0.29, 0.717) is 17.1 Å². The zero-order valence-electron chi connectivity index (χ0n) is 15.5. The Balaban J connectivity index is 1.71. The molecule has 27 heavy (non-hydrogen) atoms. The maximum atomic E-state index is 14.0. The Labute approximate surface area is 157 Å². The third kappa shape index (κ3) is 3.45. The zero-order valence-corrected chi connectivity index (χ0v) is 15.5. The average Bonchev–Trinajstić information content (AvgIpc) is 2.68. The second-order valence-corrected chi connectivity index (χ2v) is 7.09. The van der Waals surface area contributed by atoms with Crippen molar-refractivity contribution in [1.82, 2.24) is 14.3 Å². The number of nitrogens with zero attached hydrogens (tertiary/aromatic N) is 3. The number of benzene rings is 1. The van der Waals surface area contributed by atoms with E-state index in [1.165, 1.54) is 17.6 Å². The molecule has 4 rings (SSSR count). The number of hydrogen-bond donors (Lipinski definition) is 0. The van der Waals surface area contributed by atoms with Gasteiger partial charge < -0.3 is 9.64 Å². The van der Waals surface area contributed by atoms with Crippen molar-refractivity contribution in [2.45, 2.75) is 18.8 Å². The first kappa shape index (κ1) is 17.7. The minimum Gasteiger partial charge on any atom is -0.494 e.